The van der Waals surface area contributed by atoms with E-state index >= 15 is 0 Å². The Labute approximate surface area is 114 Å². The molecule has 1 atom stereocenters. The summed E-state index contributed by atoms with van der Waals surface area (Å²) in [6.07, 6.45) is 0.647. The quantitative estimate of drug-likeness (QED) is 0.785. The van der Waals surface area contributed by atoms with Gasteiger partial charge in [-0.25, -0.2) is 8.42 Å². The van der Waals surface area contributed by atoms with Gasteiger partial charge < -0.3 is 5.32 Å². The van der Waals surface area contributed by atoms with Crippen LogP contribution in [-0.4, -0.2) is 26.5 Å². The first-order valence-corrected chi connectivity index (χ1v) is 8.34. The van der Waals surface area contributed by atoms with Gasteiger partial charge in [-0.1, -0.05) is 30.7 Å². The smallest absolute Gasteiger partial charge is 0.150 e. The van der Waals surface area contributed by atoms with Gasteiger partial charge >= 0.3 is 0 Å². The molecule has 0 heterocycles. The maximum atomic E-state index is 11.3. The molecule has 0 saturated heterocycles. The zero-order valence-electron chi connectivity index (χ0n) is 10.8. The van der Waals surface area contributed by atoms with Crippen molar-refractivity contribution in [3.63, 3.8) is 0 Å². The van der Waals surface area contributed by atoms with Crippen LogP contribution in [0.1, 0.15) is 31.9 Å². The Hall–Kier alpha value is -0.580. The van der Waals surface area contributed by atoms with Crippen molar-refractivity contribution in [3.8, 4) is 0 Å². The van der Waals surface area contributed by atoms with Crippen LogP contribution in [0, 0.1) is 0 Å². The second kappa shape index (κ2) is 7.12. The highest BCUT2D eigenvalue weighted by Gasteiger charge is 2.08. The Morgan fingerprint density at radius 2 is 1.89 bits per heavy atom. The fraction of sp³-hybridized carbons (Fsp3) is 0.538. The van der Waals surface area contributed by atoms with E-state index in [0.29, 0.717) is 13.0 Å². The lowest BCUT2D eigenvalue weighted by Gasteiger charge is -2.14. The van der Waals surface area contributed by atoms with Gasteiger partial charge in [-0.05, 0) is 37.6 Å². The average molecular weight is 290 g/mol. The molecule has 0 aliphatic carbocycles. The summed E-state index contributed by atoms with van der Waals surface area (Å²) in [5.74, 6) is 0.476. The second-order valence-electron chi connectivity index (χ2n) is 4.32. The van der Waals surface area contributed by atoms with Crippen LogP contribution in [0.15, 0.2) is 24.3 Å². The van der Waals surface area contributed by atoms with E-state index in [9.17, 15) is 8.42 Å². The minimum Gasteiger partial charge on any atom is -0.310 e. The number of hydrogen-bond donors (Lipinski definition) is 1. The van der Waals surface area contributed by atoms with Crippen LogP contribution in [0.5, 0.6) is 0 Å². The zero-order valence-corrected chi connectivity index (χ0v) is 12.4. The highest BCUT2D eigenvalue weighted by atomic mass is 35.5. The molecule has 0 fully saturated rings. The summed E-state index contributed by atoms with van der Waals surface area (Å²) in [5.41, 5.74) is 1.15. The Kier molecular flexibility index (Phi) is 6.12. The van der Waals surface area contributed by atoms with Crippen LogP contribution in [0.4, 0.5) is 0 Å². The molecular weight excluding hydrogens is 270 g/mol. The molecule has 5 heteroatoms. The zero-order chi connectivity index (χ0) is 13.6. The van der Waals surface area contributed by atoms with E-state index in [1.807, 2.05) is 24.3 Å². The normalized spacial score (nSPS) is 13.5. The lowest BCUT2D eigenvalue weighted by Crippen LogP contribution is -2.22. The van der Waals surface area contributed by atoms with Crippen LogP contribution in [0.3, 0.4) is 0 Å². The third-order valence-electron chi connectivity index (χ3n) is 2.89. The molecule has 0 saturated carbocycles. The van der Waals surface area contributed by atoms with E-state index < -0.39 is 9.84 Å². The van der Waals surface area contributed by atoms with Gasteiger partial charge in [0.15, 0.2) is 0 Å². The summed E-state index contributed by atoms with van der Waals surface area (Å²) in [6.45, 7) is 4.43. The van der Waals surface area contributed by atoms with Gasteiger partial charge in [-0.2, -0.15) is 0 Å². The first kappa shape index (κ1) is 15.5. The number of hydrogen-bond acceptors (Lipinski definition) is 3. The van der Waals surface area contributed by atoms with Gasteiger partial charge in [0.1, 0.15) is 9.84 Å². The summed E-state index contributed by atoms with van der Waals surface area (Å²) in [5, 5.41) is 4.03. The van der Waals surface area contributed by atoms with Gasteiger partial charge in [0.05, 0.1) is 5.75 Å². The first-order chi connectivity index (χ1) is 8.44. The Balaban J connectivity index is 2.34. The standard InChI is InChI=1S/C13H20ClNO2S/c1-3-18(16,17)10-4-9-15-11(2)12-5-7-13(14)8-6-12/h5-8,11,15H,3-4,9-10H2,1-2H3/t11-/m0/s1. The highest BCUT2D eigenvalue weighted by molar-refractivity contribution is 7.91. The third kappa shape index (κ3) is 5.38. The Bertz CT molecular complexity index is 456. The molecule has 1 N–H and O–H groups in total. The van der Waals surface area contributed by atoms with Crippen molar-refractivity contribution in [1.29, 1.82) is 0 Å². The summed E-state index contributed by atoms with van der Waals surface area (Å²) >= 11 is 5.82. The van der Waals surface area contributed by atoms with Crippen molar-refractivity contribution >= 4 is 21.4 Å². The molecule has 0 spiro atoms. The molecule has 18 heavy (non-hydrogen) atoms. The SMILES string of the molecule is CCS(=O)(=O)CCCN[C@@H](C)c1ccc(Cl)cc1. The van der Waals surface area contributed by atoms with Crippen molar-refractivity contribution in [2.75, 3.05) is 18.1 Å². The molecule has 0 unspecified atom stereocenters. The molecule has 0 amide bonds. The van der Waals surface area contributed by atoms with E-state index in [0.717, 1.165) is 10.6 Å². The fourth-order valence-corrected chi connectivity index (χ4v) is 2.62. The van der Waals surface area contributed by atoms with Crippen LogP contribution < -0.4 is 5.32 Å². The van der Waals surface area contributed by atoms with Crippen molar-refractivity contribution in [3.05, 3.63) is 34.9 Å². The predicted molar refractivity (Wildman–Crippen MR) is 76.8 cm³/mol. The average Bonchev–Trinajstić information content (AvgIpc) is 2.35. The molecule has 1 aromatic rings. The van der Waals surface area contributed by atoms with E-state index in [1.54, 1.807) is 6.92 Å². The molecular formula is C13H20ClNO2S. The fourth-order valence-electron chi connectivity index (χ4n) is 1.62. The summed E-state index contributed by atoms with van der Waals surface area (Å²) in [6, 6.07) is 7.87. The van der Waals surface area contributed by atoms with Gasteiger partial charge in [-0.3, -0.25) is 0 Å². The number of nitrogens with one attached hydrogen (secondary N) is 1. The van der Waals surface area contributed by atoms with E-state index in [4.69, 9.17) is 11.6 Å². The Morgan fingerprint density at radius 1 is 1.28 bits per heavy atom. The van der Waals surface area contributed by atoms with E-state index in [1.165, 1.54) is 0 Å². The maximum Gasteiger partial charge on any atom is 0.150 e. The molecule has 1 rings (SSSR count). The first-order valence-electron chi connectivity index (χ1n) is 6.14. The van der Waals surface area contributed by atoms with Crippen LogP contribution in [0.25, 0.3) is 0 Å². The van der Waals surface area contributed by atoms with Crippen LogP contribution in [-0.2, 0) is 9.84 Å². The number of halogens is 1. The molecule has 0 bridgehead atoms. The maximum absolute atomic E-state index is 11.3. The van der Waals surface area contributed by atoms with Crippen LogP contribution in [0.2, 0.25) is 5.02 Å². The minimum absolute atomic E-state index is 0.201. The summed E-state index contributed by atoms with van der Waals surface area (Å²) in [7, 11) is -2.85. The lowest BCUT2D eigenvalue weighted by molar-refractivity contribution is 0.560. The molecule has 0 aliphatic rings. The van der Waals surface area contributed by atoms with Gasteiger partial charge in [0.25, 0.3) is 0 Å². The molecule has 0 aliphatic heterocycles. The second-order valence-corrected chi connectivity index (χ2v) is 7.23. The molecule has 102 valence electrons. The van der Waals surface area contributed by atoms with Crippen LogP contribution >= 0.6 is 11.6 Å². The molecule has 3 nitrogen and oxygen atoms in total. The topological polar surface area (TPSA) is 46.2 Å². The van der Waals surface area contributed by atoms with Gasteiger partial charge in [0.2, 0.25) is 0 Å². The molecule has 0 radical (unpaired) electrons. The largest absolute Gasteiger partial charge is 0.310 e. The summed E-state index contributed by atoms with van der Waals surface area (Å²) < 4.78 is 22.6. The van der Waals surface area contributed by atoms with Gasteiger partial charge in [-0.15, -0.1) is 0 Å². The molecule has 1 aromatic carbocycles. The molecule has 0 aromatic heterocycles. The van der Waals surface area contributed by atoms with Crippen molar-refractivity contribution in [1.82, 2.24) is 5.32 Å². The lowest BCUT2D eigenvalue weighted by atomic mass is 10.1. The number of rotatable bonds is 7. The minimum atomic E-state index is -2.85. The van der Waals surface area contributed by atoms with Crippen molar-refractivity contribution < 1.29 is 8.42 Å². The van der Waals surface area contributed by atoms with Crippen molar-refractivity contribution in [2.45, 2.75) is 26.3 Å². The van der Waals surface area contributed by atoms with Crippen molar-refractivity contribution in [2.24, 2.45) is 0 Å². The third-order valence-corrected chi connectivity index (χ3v) is 4.93. The van der Waals surface area contributed by atoms with E-state index in [2.05, 4.69) is 12.2 Å². The Morgan fingerprint density at radius 3 is 2.44 bits per heavy atom. The monoisotopic (exact) mass is 289 g/mol. The highest BCUT2D eigenvalue weighted by Crippen LogP contribution is 2.15. The predicted octanol–water partition coefficient (Wildman–Crippen LogP) is 2.82. The summed E-state index contributed by atoms with van der Waals surface area (Å²) in [4.78, 5) is 0. The number of sulfone groups is 1. The van der Waals surface area contributed by atoms with Gasteiger partial charge in [0, 0.05) is 16.8 Å². The number of benzene rings is 1. The van der Waals surface area contributed by atoms with E-state index in [-0.39, 0.29) is 17.5 Å².